The van der Waals surface area contributed by atoms with Crippen LogP contribution in [0.4, 0.5) is 5.00 Å². The molecule has 0 bridgehead atoms. The van der Waals surface area contributed by atoms with Crippen molar-refractivity contribution in [2.45, 2.75) is 31.7 Å². The summed E-state index contributed by atoms with van der Waals surface area (Å²) in [6, 6.07) is 11.6. The minimum Gasteiger partial charge on any atom is -0.459 e. The number of thiophene rings is 1. The number of nitrogens with one attached hydrogen (secondary N) is 1. The van der Waals surface area contributed by atoms with Crippen LogP contribution in [0.5, 0.6) is 0 Å². The minimum absolute atomic E-state index is 0.0474. The first-order valence-corrected chi connectivity index (χ1v) is 12.0. The van der Waals surface area contributed by atoms with E-state index < -0.39 is 0 Å². The fourth-order valence-corrected chi connectivity index (χ4v) is 6.03. The molecule has 3 aromatic rings. The van der Waals surface area contributed by atoms with Gasteiger partial charge in [-0.2, -0.15) is 0 Å². The van der Waals surface area contributed by atoms with Crippen LogP contribution in [0.25, 0.3) is 0 Å². The summed E-state index contributed by atoms with van der Waals surface area (Å²) >= 11 is 7.92. The van der Waals surface area contributed by atoms with Crippen molar-refractivity contribution in [3.63, 3.8) is 0 Å². The highest BCUT2D eigenvalue weighted by molar-refractivity contribution is 7.16. The Morgan fingerprint density at radius 3 is 2.61 bits per heavy atom. The number of fused-ring (bicyclic) bond motifs is 1. The van der Waals surface area contributed by atoms with Crippen LogP contribution in [-0.2, 0) is 17.6 Å². The van der Waals surface area contributed by atoms with E-state index in [9.17, 15) is 4.79 Å². The number of carbonyl (C=O) groups excluding carboxylic acids is 1. The molecule has 1 aliphatic carbocycles. The van der Waals surface area contributed by atoms with Gasteiger partial charge in [0.15, 0.2) is 5.76 Å². The number of furan rings is 1. The zero-order valence-corrected chi connectivity index (χ0v) is 18.8. The van der Waals surface area contributed by atoms with Crippen molar-refractivity contribution in [2.24, 2.45) is 0 Å². The van der Waals surface area contributed by atoms with Crippen molar-refractivity contribution < 1.29 is 13.9 Å². The van der Waals surface area contributed by atoms with E-state index in [1.807, 2.05) is 12.1 Å². The molecular formula is C24H25ClN2O3S. The number of hydrogen-bond acceptors (Lipinski definition) is 5. The van der Waals surface area contributed by atoms with Gasteiger partial charge in [-0.05, 0) is 61.1 Å². The third-order valence-corrected chi connectivity index (χ3v) is 7.53. The van der Waals surface area contributed by atoms with Gasteiger partial charge in [0.25, 0.3) is 5.91 Å². The average Bonchev–Trinajstić information content (AvgIpc) is 3.45. The number of halogens is 1. The van der Waals surface area contributed by atoms with E-state index in [0.717, 1.165) is 36.0 Å². The Labute approximate surface area is 191 Å². The zero-order chi connectivity index (χ0) is 21.2. The summed E-state index contributed by atoms with van der Waals surface area (Å²) < 4.78 is 11.0. The van der Waals surface area contributed by atoms with E-state index in [-0.39, 0.29) is 11.9 Å². The van der Waals surface area contributed by atoms with E-state index in [1.165, 1.54) is 40.7 Å². The number of hydrogen-bond donors (Lipinski definition) is 1. The molecule has 0 saturated carbocycles. The molecule has 162 valence electrons. The number of ether oxygens (including phenoxy) is 1. The largest absolute Gasteiger partial charge is 0.459 e. The number of rotatable bonds is 5. The van der Waals surface area contributed by atoms with E-state index in [2.05, 4.69) is 22.3 Å². The van der Waals surface area contributed by atoms with Crippen LogP contribution in [0.1, 0.15) is 51.0 Å². The molecular weight excluding hydrogens is 432 g/mol. The van der Waals surface area contributed by atoms with Gasteiger partial charge >= 0.3 is 0 Å². The Morgan fingerprint density at radius 2 is 1.87 bits per heavy atom. The number of amides is 1. The van der Waals surface area contributed by atoms with Gasteiger partial charge in [-0.1, -0.05) is 23.7 Å². The number of benzene rings is 1. The van der Waals surface area contributed by atoms with Crippen molar-refractivity contribution in [1.82, 2.24) is 4.90 Å². The molecule has 1 saturated heterocycles. The lowest BCUT2D eigenvalue weighted by atomic mass is 9.88. The van der Waals surface area contributed by atoms with Gasteiger partial charge in [0.05, 0.1) is 25.5 Å². The van der Waals surface area contributed by atoms with Crippen LogP contribution in [0, 0.1) is 0 Å². The summed E-state index contributed by atoms with van der Waals surface area (Å²) in [5.74, 6) is 0.119. The Bertz CT molecular complexity index is 1040. The molecule has 0 radical (unpaired) electrons. The zero-order valence-electron chi connectivity index (χ0n) is 17.2. The van der Waals surface area contributed by atoms with Crippen molar-refractivity contribution in [3.05, 3.63) is 75.0 Å². The molecule has 31 heavy (non-hydrogen) atoms. The summed E-state index contributed by atoms with van der Waals surface area (Å²) in [6.45, 7) is 3.13. The van der Waals surface area contributed by atoms with Gasteiger partial charge in [0, 0.05) is 28.6 Å². The molecule has 2 aromatic heterocycles. The molecule has 1 fully saturated rings. The molecule has 7 heteroatoms. The van der Waals surface area contributed by atoms with E-state index in [4.69, 9.17) is 20.8 Å². The Hall–Kier alpha value is -2.12. The van der Waals surface area contributed by atoms with Gasteiger partial charge in [0.2, 0.25) is 0 Å². The molecule has 1 amide bonds. The summed E-state index contributed by atoms with van der Waals surface area (Å²) in [5, 5.41) is 4.83. The van der Waals surface area contributed by atoms with Crippen LogP contribution in [0.2, 0.25) is 5.02 Å². The second-order valence-corrected chi connectivity index (χ2v) is 9.53. The lowest BCUT2D eigenvalue weighted by Gasteiger charge is -2.36. The summed E-state index contributed by atoms with van der Waals surface area (Å²) in [6.07, 6.45) is 6.02. The van der Waals surface area contributed by atoms with E-state index >= 15 is 0 Å². The molecule has 5 nitrogen and oxygen atoms in total. The number of nitrogens with zero attached hydrogens (tertiary/aromatic N) is 1. The smallest absolute Gasteiger partial charge is 0.291 e. The molecule has 0 spiro atoms. The quantitative estimate of drug-likeness (QED) is 0.547. The molecule has 1 aromatic carbocycles. The van der Waals surface area contributed by atoms with Gasteiger partial charge in [-0.25, -0.2) is 0 Å². The van der Waals surface area contributed by atoms with Crippen molar-refractivity contribution >= 4 is 33.8 Å². The summed E-state index contributed by atoms with van der Waals surface area (Å²) in [5.41, 5.74) is 3.81. The maximum atomic E-state index is 12.9. The lowest BCUT2D eigenvalue weighted by Crippen LogP contribution is -2.40. The van der Waals surface area contributed by atoms with Crippen LogP contribution in [0.15, 0.2) is 47.1 Å². The number of aryl methyl sites for hydroxylation is 1. The molecule has 1 atom stereocenters. The van der Waals surface area contributed by atoms with Crippen molar-refractivity contribution in [1.29, 1.82) is 0 Å². The molecule has 1 aliphatic heterocycles. The normalized spacial score (nSPS) is 17.8. The molecule has 5 rings (SSSR count). The summed E-state index contributed by atoms with van der Waals surface area (Å²) in [4.78, 5) is 16.7. The van der Waals surface area contributed by atoms with Crippen molar-refractivity contribution in [2.75, 3.05) is 31.6 Å². The standard InChI is InChI=1S/C24H25ClN2O3S/c25-17-9-7-16(8-10-17)22(27-11-14-29-15-12-27)21-18-4-1-2-6-20(18)31-24(21)26-23(28)19-5-3-13-30-19/h3,5,7-10,13,22H,1-2,4,6,11-12,14-15H2,(H,26,28)/t22-/m0/s1. The highest BCUT2D eigenvalue weighted by Crippen LogP contribution is 2.45. The third kappa shape index (κ3) is 4.30. The SMILES string of the molecule is O=C(Nc1sc2c(c1[C@H](c1ccc(Cl)cc1)N1CCOCC1)CCCC2)c1ccco1. The Morgan fingerprint density at radius 1 is 1.10 bits per heavy atom. The van der Waals surface area contributed by atoms with Crippen LogP contribution in [-0.4, -0.2) is 37.1 Å². The first-order chi connectivity index (χ1) is 15.2. The summed E-state index contributed by atoms with van der Waals surface area (Å²) in [7, 11) is 0. The Balaban J connectivity index is 1.60. The second kappa shape index (κ2) is 9.17. The minimum atomic E-state index is -0.207. The van der Waals surface area contributed by atoms with E-state index in [0.29, 0.717) is 19.0 Å². The first kappa shape index (κ1) is 20.8. The topological polar surface area (TPSA) is 54.7 Å². The van der Waals surface area contributed by atoms with E-state index in [1.54, 1.807) is 23.5 Å². The fraction of sp³-hybridized carbons (Fsp3) is 0.375. The third-order valence-electron chi connectivity index (χ3n) is 6.05. The monoisotopic (exact) mass is 456 g/mol. The van der Waals surface area contributed by atoms with Gasteiger partial charge in [-0.3, -0.25) is 9.69 Å². The van der Waals surface area contributed by atoms with Gasteiger partial charge < -0.3 is 14.5 Å². The van der Waals surface area contributed by atoms with Gasteiger partial charge in [0.1, 0.15) is 5.00 Å². The predicted molar refractivity (Wildman–Crippen MR) is 123 cm³/mol. The molecule has 1 N–H and O–H groups in total. The highest BCUT2D eigenvalue weighted by Gasteiger charge is 2.33. The average molecular weight is 457 g/mol. The van der Waals surface area contributed by atoms with Crippen LogP contribution in [0.3, 0.4) is 0 Å². The van der Waals surface area contributed by atoms with Crippen LogP contribution >= 0.6 is 22.9 Å². The molecule has 0 unspecified atom stereocenters. The van der Waals surface area contributed by atoms with Crippen molar-refractivity contribution in [3.8, 4) is 0 Å². The second-order valence-electron chi connectivity index (χ2n) is 7.99. The predicted octanol–water partition coefficient (Wildman–Crippen LogP) is 5.55. The maximum absolute atomic E-state index is 12.9. The lowest BCUT2D eigenvalue weighted by molar-refractivity contribution is 0.0239. The Kier molecular flexibility index (Phi) is 6.14. The number of carbonyl (C=O) groups is 1. The highest BCUT2D eigenvalue weighted by atomic mass is 35.5. The molecule has 2 aliphatic rings. The van der Waals surface area contributed by atoms with Gasteiger partial charge in [-0.15, -0.1) is 11.3 Å². The van der Waals surface area contributed by atoms with Crippen LogP contribution < -0.4 is 5.32 Å². The fourth-order valence-electron chi connectivity index (χ4n) is 4.59. The number of morpholine rings is 1. The number of anilines is 1. The maximum Gasteiger partial charge on any atom is 0.291 e. The first-order valence-electron chi connectivity index (χ1n) is 10.8. The molecule has 3 heterocycles.